The Bertz CT molecular complexity index is 531. The van der Waals surface area contributed by atoms with Gasteiger partial charge in [-0.15, -0.1) is 0 Å². The zero-order valence-corrected chi connectivity index (χ0v) is 12.8. The predicted octanol–water partition coefficient (Wildman–Crippen LogP) is 3.40. The molecule has 1 aromatic carbocycles. The third kappa shape index (κ3) is 3.94. The largest absolute Gasteiger partial charge is 0.337 e. The maximum atomic E-state index is 4.50. The Labute approximate surface area is 122 Å². The van der Waals surface area contributed by atoms with Gasteiger partial charge in [-0.3, -0.25) is 0 Å². The van der Waals surface area contributed by atoms with E-state index in [1.165, 1.54) is 11.1 Å². The molecule has 0 saturated heterocycles. The van der Waals surface area contributed by atoms with Crippen LogP contribution in [0.2, 0.25) is 0 Å². The number of imidazole rings is 1. The molecule has 108 valence electrons. The molecule has 0 saturated carbocycles. The van der Waals surface area contributed by atoms with Crippen LogP contribution in [-0.4, -0.2) is 16.1 Å². The number of hydrogen-bond donors (Lipinski definition) is 1. The molecule has 1 heterocycles. The number of hydrogen-bond acceptors (Lipinski definition) is 2. The standard InChI is InChI=1S/C17H25N3/c1-4-10-18-16(17-19-11-12-20(17)3)9-8-15-7-5-6-14(2)13-15/h5-7,11-13,16,18H,4,8-10H2,1-3H3. The maximum absolute atomic E-state index is 4.50. The van der Waals surface area contributed by atoms with Gasteiger partial charge in [0.1, 0.15) is 5.82 Å². The lowest BCUT2D eigenvalue weighted by molar-refractivity contribution is 0.465. The van der Waals surface area contributed by atoms with Crippen molar-refractivity contribution >= 4 is 0 Å². The summed E-state index contributed by atoms with van der Waals surface area (Å²) in [4.78, 5) is 4.50. The molecule has 20 heavy (non-hydrogen) atoms. The van der Waals surface area contributed by atoms with Crippen LogP contribution in [0.25, 0.3) is 0 Å². The summed E-state index contributed by atoms with van der Waals surface area (Å²) in [7, 11) is 2.07. The summed E-state index contributed by atoms with van der Waals surface area (Å²) in [6.07, 6.45) is 7.20. The average molecular weight is 271 g/mol. The molecule has 0 aliphatic carbocycles. The summed E-state index contributed by atoms with van der Waals surface area (Å²) in [5, 5.41) is 3.61. The predicted molar refractivity (Wildman–Crippen MR) is 83.7 cm³/mol. The normalized spacial score (nSPS) is 12.6. The summed E-state index contributed by atoms with van der Waals surface area (Å²) in [6.45, 7) is 5.38. The van der Waals surface area contributed by atoms with Crippen molar-refractivity contribution in [2.75, 3.05) is 6.54 Å². The summed E-state index contributed by atoms with van der Waals surface area (Å²) < 4.78 is 2.11. The SMILES string of the molecule is CCCNC(CCc1cccc(C)c1)c1nccn1C. The highest BCUT2D eigenvalue weighted by molar-refractivity contribution is 5.22. The fraction of sp³-hybridized carbons (Fsp3) is 0.471. The summed E-state index contributed by atoms with van der Waals surface area (Å²) in [5.41, 5.74) is 2.74. The monoisotopic (exact) mass is 271 g/mol. The van der Waals surface area contributed by atoms with E-state index in [1.54, 1.807) is 0 Å². The molecule has 1 aromatic heterocycles. The number of rotatable bonds is 7. The third-order valence-electron chi connectivity index (χ3n) is 3.62. The Hall–Kier alpha value is -1.61. The molecule has 0 amide bonds. The molecule has 3 heteroatoms. The molecule has 0 bridgehead atoms. The van der Waals surface area contributed by atoms with E-state index in [1.807, 2.05) is 12.4 Å². The van der Waals surface area contributed by atoms with Gasteiger partial charge in [0.05, 0.1) is 6.04 Å². The molecule has 2 rings (SSSR count). The van der Waals surface area contributed by atoms with E-state index >= 15 is 0 Å². The molecule has 1 unspecified atom stereocenters. The van der Waals surface area contributed by atoms with Crippen molar-refractivity contribution < 1.29 is 0 Å². The van der Waals surface area contributed by atoms with E-state index in [2.05, 4.69) is 60.0 Å². The first-order chi connectivity index (χ1) is 9.70. The van der Waals surface area contributed by atoms with Crippen molar-refractivity contribution in [3.8, 4) is 0 Å². The van der Waals surface area contributed by atoms with E-state index in [-0.39, 0.29) is 0 Å². The molecule has 0 aliphatic rings. The van der Waals surface area contributed by atoms with Crippen LogP contribution in [0.5, 0.6) is 0 Å². The van der Waals surface area contributed by atoms with Crippen LogP contribution in [0.15, 0.2) is 36.7 Å². The van der Waals surface area contributed by atoms with E-state index < -0.39 is 0 Å². The highest BCUT2D eigenvalue weighted by Gasteiger charge is 2.14. The van der Waals surface area contributed by atoms with Gasteiger partial charge in [0.15, 0.2) is 0 Å². The molecule has 2 aromatic rings. The van der Waals surface area contributed by atoms with Gasteiger partial charge in [0, 0.05) is 19.4 Å². The highest BCUT2D eigenvalue weighted by atomic mass is 15.1. The van der Waals surface area contributed by atoms with Gasteiger partial charge in [0.2, 0.25) is 0 Å². The van der Waals surface area contributed by atoms with Crippen LogP contribution in [-0.2, 0) is 13.5 Å². The van der Waals surface area contributed by atoms with Gasteiger partial charge in [0.25, 0.3) is 0 Å². The Morgan fingerprint density at radius 3 is 2.85 bits per heavy atom. The van der Waals surface area contributed by atoms with Gasteiger partial charge < -0.3 is 9.88 Å². The average Bonchev–Trinajstić information content (AvgIpc) is 2.85. The van der Waals surface area contributed by atoms with Gasteiger partial charge >= 0.3 is 0 Å². The van der Waals surface area contributed by atoms with Crippen LogP contribution >= 0.6 is 0 Å². The minimum atomic E-state index is 0.329. The van der Waals surface area contributed by atoms with E-state index in [4.69, 9.17) is 0 Å². The second kappa shape index (κ2) is 7.25. The van der Waals surface area contributed by atoms with Crippen molar-refractivity contribution in [1.82, 2.24) is 14.9 Å². The Kier molecular flexibility index (Phi) is 5.36. The van der Waals surface area contributed by atoms with Crippen molar-refractivity contribution in [3.63, 3.8) is 0 Å². The first-order valence-electron chi connectivity index (χ1n) is 7.47. The zero-order chi connectivity index (χ0) is 14.4. The van der Waals surface area contributed by atoms with Crippen molar-refractivity contribution in [1.29, 1.82) is 0 Å². The van der Waals surface area contributed by atoms with Crippen LogP contribution in [0.1, 0.15) is 42.8 Å². The van der Waals surface area contributed by atoms with Crippen molar-refractivity contribution in [3.05, 3.63) is 53.6 Å². The molecular formula is C17H25N3. The van der Waals surface area contributed by atoms with Crippen LogP contribution in [0, 0.1) is 6.92 Å². The first-order valence-corrected chi connectivity index (χ1v) is 7.47. The third-order valence-corrected chi connectivity index (χ3v) is 3.62. The van der Waals surface area contributed by atoms with E-state index in [9.17, 15) is 0 Å². The van der Waals surface area contributed by atoms with E-state index in [0.29, 0.717) is 6.04 Å². The fourth-order valence-electron chi connectivity index (χ4n) is 2.53. The van der Waals surface area contributed by atoms with Crippen LogP contribution < -0.4 is 5.32 Å². The molecule has 1 N–H and O–H groups in total. The number of nitrogens with one attached hydrogen (secondary N) is 1. The van der Waals surface area contributed by atoms with Gasteiger partial charge in [-0.05, 0) is 38.3 Å². The lowest BCUT2D eigenvalue weighted by atomic mass is 10.0. The van der Waals surface area contributed by atoms with E-state index in [0.717, 1.165) is 31.6 Å². The summed E-state index contributed by atoms with van der Waals surface area (Å²) in [6, 6.07) is 9.10. The Morgan fingerprint density at radius 1 is 1.35 bits per heavy atom. The topological polar surface area (TPSA) is 29.9 Å². The lowest BCUT2D eigenvalue weighted by Crippen LogP contribution is -2.25. The minimum absolute atomic E-state index is 0.329. The molecule has 0 fully saturated rings. The summed E-state index contributed by atoms with van der Waals surface area (Å²) >= 11 is 0. The Morgan fingerprint density at radius 2 is 2.20 bits per heavy atom. The first kappa shape index (κ1) is 14.8. The molecule has 0 spiro atoms. The second-order valence-electron chi connectivity index (χ2n) is 5.43. The second-order valence-corrected chi connectivity index (χ2v) is 5.43. The molecule has 3 nitrogen and oxygen atoms in total. The van der Waals surface area contributed by atoms with Crippen molar-refractivity contribution in [2.24, 2.45) is 7.05 Å². The van der Waals surface area contributed by atoms with Gasteiger partial charge in [-0.2, -0.15) is 0 Å². The van der Waals surface area contributed by atoms with Gasteiger partial charge in [-0.1, -0.05) is 36.8 Å². The minimum Gasteiger partial charge on any atom is -0.337 e. The zero-order valence-electron chi connectivity index (χ0n) is 12.8. The van der Waals surface area contributed by atoms with Gasteiger partial charge in [-0.25, -0.2) is 4.98 Å². The molecule has 0 aliphatic heterocycles. The quantitative estimate of drug-likeness (QED) is 0.836. The van der Waals surface area contributed by atoms with Crippen molar-refractivity contribution in [2.45, 2.75) is 39.2 Å². The number of aromatic nitrogens is 2. The molecule has 0 radical (unpaired) electrons. The number of benzene rings is 1. The van der Waals surface area contributed by atoms with Crippen LogP contribution in [0.3, 0.4) is 0 Å². The summed E-state index contributed by atoms with van der Waals surface area (Å²) in [5.74, 6) is 1.13. The fourth-order valence-corrected chi connectivity index (χ4v) is 2.53. The number of nitrogens with zero attached hydrogens (tertiary/aromatic N) is 2. The Balaban J connectivity index is 2.03. The lowest BCUT2D eigenvalue weighted by Gasteiger charge is -2.18. The number of aryl methyl sites for hydroxylation is 3. The smallest absolute Gasteiger partial charge is 0.125 e. The molecular weight excluding hydrogens is 246 g/mol. The van der Waals surface area contributed by atoms with Crippen LogP contribution in [0.4, 0.5) is 0 Å². The maximum Gasteiger partial charge on any atom is 0.125 e. The highest BCUT2D eigenvalue weighted by Crippen LogP contribution is 2.18. The molecule has 1 atom stereocenters.